The van der Waals surface area contributed by atoms with Crippen molar-refractivity contribution in [3.8, 4) is 11.5 Å². The Kier molecular flexibility index (Phi) is 5.40. The molecule has 1 aromatic heterocycles. The molecule has 1 aliphatic rings. The fourth-order valence-electron chi connectivity index (χ4n) is 2.64. The molecule has 138 valence electrons. The largest absolute Gasteiger partial charge is 0.497 e. The Hall–Kier alpha value is -3.03. The molecule has 1 unspecified atom stereocenters. The first kappa shape index (κ1) is 17.8. The van der Waals surface area contributed by atoms with Crippen LogP contribution in [-0.4, -0.2) is 47.9 Å². The minimum absolute atomic E-state index is 0.0547. The fraction of sp³-hybridized carbons (Fsp3) is 0.389. The summed E-state index contributed by atoms with van der Waals surface area (Å²) in [6.45, 7) is 2.78. The number of aromatic nitrogens is 1. The molecule has 0 aliphatic carbocycles. The quantitative estimate of drug-likeness (QED) is 0.872. The molecule has 2 heterocycles. The van der Waals surface area contributed by atoms with Crippen molar-refractivity contribution in [1.82, 2.24) is 15.2 Å². The molecule has 0 spiro atoms. The lowest BCUT2D eigenvalue weighted by atomic mass is 10.2. The molecule has 1 atom stereocenters. The van der Waals surface area contributed by atoms with Gasteiger partial charge in [0.25, 0.3) is 5.91 Å². The zero-order chi connectivity index (χ0) is 18.5. The zero-order valence-corrected chi connectivity index (χ0v) is 14.7. The molecule has 1 saturated heterocycles. The van der Waals surface area contributed by atoms with Gasteiger partial charge in [-0.05, 0) is 31.2 Å². The highest BCUT2D eigenvalue weighted by Gasteiger charge is 2.27. The molecule has 1 aliphatic heterocycles. The minimum Gasteiger partial charge on any atom is -0.497 e. The van der Waals surface area contributed by atoms with Gasteiger partial charge < -0.3 is 24.1 Å². The third-order valence-corrected chi connectivity index (χ3v) is 4.16. The van der Waals surface area contributed by atoms with Crippen LogP contribution in [0.25, 0.3) is 0 Å². The maximum absolute atomic E-state index is 12.6. The number of rotatable bonds is 5. The Bertz CT molecular complexity index is 771. The molecule has 8 nitrogen and oxygen atoms in total. The van der Waals surface area contributed by atoms with E-state index >= 15 is 0 Å². The van der Waals surface area contributed by atoms with Crippen molar-refractivity contribution in [1.29, 1.82) is 0 Å². The predicted octanol–water partition coefficient (Wildman–Crippen LogP) is 1.61. The van der Waals surface area contributed by atoms with E-state index in [-0.39, 0.29) is 36.6 Å². The lowest BCUT2D eigenvalue weighted by Crippen LogP contribution is -2.42. The Morgan fingerprint density at radius 1 is 1.35 bits per heavy atom. The van der Waals surface area contributed by atoms with Crippen LogP contribution in [0.1, 0.15) is 29.7 Å². The molecule has 3 rings (SSSR count). The van der Waals surface area contributed by atoms with Gasteiger partial charge >= 0.3 is 0 Å². The number of hydrogen-bond acceptors (Lipinski definition) is 6. The molecule has 1 aromatic carbocycles. The van der Waals surface area contributed by atoms with Gasteiger partial charge in [0.05, 0.1) is 7.11 Å². The molecule has 26 heavy (non-hydrogen) atoms. The number of nitrogens with zero attached hydrogens (tertiary/aromatic N) is 2. The van der Waals surface area contributed by atoms with Gasteiger partial charge in [0.2, 0.25) is 11.8 Å². The van der Waals surface area contributed by atoms with Crippen LogP contribution in [0.15, 0.2) is 34.9 Å². The monoisotopic (exact) mass is 359 g/mol. The van der Waals surface area contributed by atoms with E-state index in [1.54, 1.807) is 36.3 Å². The molecule has 2 amide bonds. The van der Waals surface area contributed by atoms with Gasteiger partial charge in [0, 0.05) is 25.6 Å². The normalized spacial score (nSPS) is 17.4. The van der Waals surface area contributed by atoms with Crippen LogP contribution >= 0.6 is 0 Å². The summed E-state index contributed by atoms with van der Waals surface area (Å²) in [5.74, 6) is 1.37. The second-order valence-corrected chi connectivity index (χ2v) is 5.99. The molecule has 0 radical (unpaired) electrons. The summed E-state index contributed by atoms with van der Waals surface area (Å²) in [6.07, 6.45) is 1.60. The standard InChI is InChI=1S/C18H21N3O5/c1-12-9-19-16(22)7-8-21(12)18(23)15-10-26-17(20-15)11-25-14-5-3-13(24-2)4-6-14/h3-6,10,12H,7-9,11H2,1-2H3,(H,19,22). The van der Waals surface area contributed by atoms with Crippen LogP contribution < -0.4 is 14.8 Å². The highest BCUT2D eigenvalue weighted by atomic mass is 16.5. The van der Waals surface area contributed by atoms with Crippen LogP contribution in [0.3, 0.4) is 0 Å². The van der Waals surface area contributed by atoms with Crippen molar-refractivity contribution in [3.05, 3.63) is 42.1 Å². The maximum atomic E-state index is 12.6. The van der Waals surface area contributed by atoms with E-state index in [0.717, 1.165) is 5.75 Å². The van der Waals surface area contributed by atoms with Gasteiger partial charge in [0.15, 0.2) is 12.3 Å². The highest BCUT2D eigenvalue weighted by molar-refractivity contribution is 5.92. The van der Waals surface area contributed by atoms with Crippen molar-refractivity contribution in [2.24, 2.45) is 0 Å². The summed E-state index contributed by atoms with van der Waals surface area (Å²) in [5.41, 5.74) is 0.208. The van der Waals surface area contributed by atoms with Gasteiger partial charge in [-0.3, -0.25) is 9.59 Å². The van der Waals surface area contributed by atoms with Crippen LogP contribution in [0, 0.1) is 0 Å². The van der Waals surface area contributed by atoms with Crippen molar-refractivity contribution in [2.75, 3.05) is 20.2 Å². The number of oxazole rings is 1. The molecule has 0 saturated carbocycles. The third-order valence-electron chi connectivity index (χ3n) is 4.16. The van der Waals surface area contributed by atoms with Gasteiger partial charge in [-0.2, -0.15) is 0 Å². The first-order valence-electron chi connectivity index (χ1n) is 8.35. The number of carbonyl (C=O) groups is 2. The summed E-state index contributed by atoms with van der Waals surface area (Å²) in [6, 6.07) is 7.02. The van der Waals surface area contributed by atoms with Gasteiger partial charge in [-0.15, -0.1) is 0 Å². The van der Waals surface area contributed by atoms with Crippen molar-refractivity contribution >= 4 is 11.8 Å². The first-order valence-corrected chi connectivity index (χ1v) is 8.35. The van der Waals surface area contributed by atoms with Crippen LogP contribution in [0.4, 0.5) is 0 Å². The number of amides is 2. The Morgan fingerprint density at radius 2 is 2.08 bits per heavy atom. The van der Waals surface area contributed by atoms with E-state index in [1.165, 1.54) is 6.26 Å². The van der Waals surface area contributed by atoms with E-state index in [2.05, 4.69) is 10.3 Å². The Balaban J connectivity index is 1.61. The van der Waals surface area contributed by atoms with E-state index < -0.39 is 0 Å². The van der Waals surface area contributed by atoms with E-state index in [9.17, 15) is 9.59 Å². The molecular weight excluding hydrogens is 338 g/mol. The molecule has 1 N–H and O–H groups in total. The lowest BCUT2D eigenvalue weighted by molar-refractivity contribution is -0.120. The predicted molar refractivity (Wildman–Crippen MR) is 92.0 cm³/mol. The van der Waals surface area contributed by atoms with E-state index in [4.69, 9.17) is 13.9 Å². The van der Waals surface area contributed by atoms with Gasteiger partial charge in [0.1, 0.15) is 17.8 Å². The SMILES string of the molecule is COc1ccc(OCc2nc(C(=O)N3CCC(=O)NCC3C)co2)cc1. The van der Waals surface area contributed by atoms with Gasteiger partial charge in [-0.25, -0.2) is 4.98 Å². The van der Waals surface area contributed by atoms with Gasteiger partial charge in [-0.1, -0.05) is 0 Å². The average Bonchev–Trinajstić information content (AvgIpc) is 3.07. The number of ether oxygens (including phenoxy) is 2. The topological polar surface area (TPSA) is 93.9 Å². The van der Waals surface area contributed by atoms with E-state index in [0.29, 0.717) is 24.7 Å². The highest BCUT2D eigenvalue weighted by Crippen LogP contribution is 2.18. The van der Waals surface area contributed by atoms with Crippen molar-refractivity contribution in [3.63, 3.8) is 0 Å². The zero-order valence-electron chi connectivity index (χ0n) is 14.7. The number of benzene rings is 1. The molecule has 2 aromatic rings. The summed E-state index contributed by atoms with van der Waals surface area (Å²) < 4.78 is 16.0. The number of hydrogen-bond donors (Lipinski definition) is 1. The second-order valence-electron chi connectivity index (χ2n) is 5.99. The van der Waals surface area contributed by atoms with E-state index in [1.807, 2.05) is 6.92 Å². The molecule has 0 bridgehead atoms. The summed E-state index contributed by atoms with van der Waals surface area (Å²) in [7, 11) is 1.60. The molecule has 8 heteroatoms. The fourth-order valence-corrected chi connectivity index (χ4v) is 2.64. The smallest absolute Gasteiger partial charge is 0.276 e. The second kappa shape index (κ2) is 7.90. The third kappa shape index (κ3) is 4.14. The number of methoxy groups -OCH3 is 1. The maximum Gasteiger partial charge on any atom is 0.276 e. The minimum atomic E-state index is -0.256. The summed E-state index contributed by atoms with van der Waals surface area (Å²) >= 11 is 0. The summed E-state index contributed by atoms with van der Waals surface area (Å²) in [5, 5.41) is 2.78. The molecule has 1 fully saturated rings. The van der Waals surface area contributed by atoms with Crippen molar-refractivity contribution in [2.45, 2.75) is 26.0 Å². The average molecular weight is 359 g/mol. The first-order chi connectivity index (χ1) is 12.6. The lowest BCUT2D eigenvalue weighted by Gasteiger charge is -2.25. The Labute approximate surface area is 151 Å². The summed E-state index contributed by atoms with van der Waals surface area (Å²) in [4.78, 5) is 30.0. The van der Waals surface area contributed by atoms with Crippen LogP contribution in [-0.2, 0) is 11.4 Å². The number of nitrogens with one attached hydrogen (secondary N) is 1. The Morgan fingerprint density at radius 3 is 2.81 bits per heavy atom. The number of carbonyl (C=O) groups excluding carboxylic acids is 2. The van der Waals surface area contributed by atoms with Crippen LogP contribution in [0.5, 0.6) is 11.5 Å². The van der Waals surface area contributed by atoms with Crippen molar-refractivity contribution < 1.29 is 23.5 Å². The van der Waals surface area contributed by atoms with Crippen LogP contribution in [0.2, 0.25) is 0 Å². The molecular formula is C18H21N3O5.